The van der Waals surface area contributed by atoms with Crippen molar-refractivity contribution in [3.8, 4) is 39.8 Å². The van der Waals surface area contributed by atoms with Gasteiger partial charge in [-0.2, -0.15) is 22.0 Å². The number of unbranched alkanes of at least 4 members (excludes halogenated alkanes) is 2. The first-order valence-electron chi connectivity index (χ1n) is 15.8. The Morgan fingerprint density at radius 2 is 1.17 bits per heavy atom. The maximum absolute atomic E-state index is 15.2. The molecular weight excluding hydrogens is 705 g/mol. The molecule has 0 heterocycles. The average molecular weight is 733 g/mol. The van der Waals surface area contributed by atoms with Gasteiger partial charge < -0.3 is 4.74 Å². The molecule has 0 amide bonds. The van der Waals surface area contributed by atoms with Crippen LogP contribution >= 0.6 is 0 Å². The van der Waals surface area contributed by atoms with Crippen LogP contribution in [0.3, 0.4) is 0 Å². The molecule has 0 aliphatic heterocycles. The number of alkyl halides is 5. The average Bonchev–Trinajstić information content (AvgIpc) is 3.03. The molecule has 0 spiro atoms. The lowest BCUT2D eigenvalue weighted by Crippen LogP contribution is -2.25. The molecule has 0 aromatic heterocycles. The fourth-order valence-corrected chi connectivity index (χ4v) is 5.56. The maximum Gasteiger partial charge on any atom is 0.432 e. The number of aryl methyl sites for hydroxylation is 2. The van der Waals surface area contributed by atoms with Crippen molar-refractivity contribution < 1.29 is 53.0 Å². The molecule has 5 aromatic rings. The van der Waals surface area contributed by atoms with E-state index in [1.807, 2.05) is 0 Å². The minimum absolute atomic E-state index is 0.0203. The number of halogens is 11. The fraction of sp³-hybridized carbons (Fsp3) is 0.200. The Morgan fingerprint density at radius 3 is 1.73 bits per heavy atom. The maximum atomic E-state index is 15.2. The molecule has 0 aliphatic carbocycles. The predicted molar refractivity (Wildman–Crippen MR) is 173 cm³/mol. The molecule has 5 aromatic carbocycles. The Hall–Kier alpha value is -5.31. The molecule has 0 N–H and O–H groups in total. The molecule has 270 valence electrons. The lowest BCUT2D eigenvalue weighted by atomic mass is 9.98. The van der Waals surface area contributed by atoms with Gasteiger partial charge in [0.2, 0.25) is 0 Å². The molecule has 0 radical (unpaired) electrons. The van der Waals surface area contributed by atoms with Crippen molar-refractivity contribution in [2.45, 2.75) is 51.8 Å². The zero-order chi connectivity index (χ0) is 38.0. The summed E-state index contributed by atoms with van der Waals surface area (Å²) in [6, 6.07) is 13.5. The molecular formula is C40H27F11O. The van der Waals surface area contributed by atoms with Gasteiger partial charge in [-0.1, -0.05) is 55.9 Å². The second kappa shape index (κ2) is 15.1. The standard InChI is InChI=1S/C40H27F11O/c1-3-4-5-6-23-7-10-25(11-8-23)26-18-35(45)38(36(46)19-26)40(50,51)52-28-12-14-30(32(42)21-28)27-15-22(2)29(31(41)20-27)13-9-24-16-33(43)37(34(44)17-24)39(47,48)49/h7-8,10-12,14-21H,3-6H2,1-2H3. The lowest BCUT2D eigenvalue weighted by molar-refractivity contribution is -0.189. The topological polar surface area (TPSA) is 9.23 Å². The SMILES string of the molecule is CCCCCc1ccc(-c2cc(F)c(C(F)(F)Oc3ccc(-c4cc(C)c(C#Cc5cc(F)c(C(F)(F)F)c(F)c5)c(F)c4)c(F)c3)c(F)c2)cc1. The van der Waals surface area contributed by atoms with E-state index in [1.165, 1.54) is 13.0 Å². The Morgan fingerprint density at radius 1 is 0.577 bits per heavy atom. The predicted octanol–water partition coefficient (Wildman–Crippen LogP) is 12.4. The van der Waals surface area contributed by atoms with Gasteiger partial charge in [-0.15, -0.1) is 0 Å². The largest absolute Gasteiger partial charge is 0.432 e. The quantitative estimate of drug-likeness (QED) is 0.0833. The van der Waals surface area contributed by atoms with E-state index in [0.717, 1.165) is 61.6 Å². The molecule has 0 bridgehead atoms. The highest BCUT2D eigenvalue weighted by molar-refractivity contribution is 5.68. The van der Waals surface area contributed by atoms with Crippen molar-refractivity contribution in [3.05, 3.63) is 147 Å². The first-order chi connectivity index (χ1) is 24.5. The van der Waals surface area contributed by atoms with E-state index in [9.17, 15) is 22.0 Å². The number of hydrogen-bond donors (Lipinski definition) is 0. The van der Waals surface area contributed by atoms with Gasteiger partial charge in [0, 0.05) is 17.2 Å². The van der Waals surface area contributed by atoms with Crippen LogP contribution in [-0.2, 0) is 18.7 Å². The summed E-state index contributed by atoms with van der Waals surface area (Å²) in [7, 11) is 0. The minimum atomic E-state index is -5.29. The van der Waals surface area contributed by atoms with Crippen LogP contribution in [0.4, 0.5) is 48.3 Å². The van der Waals surface area contributed by atoms with Gasteiger partial charge in [0.05, 0.1) is 5.56 Å². The molecule has 0 aliphatic rings. The van der Waals surface area contributed by atoms with Gasteiger partial charge in [0.1, 0.15) is 51.8 Å². The van der Waals surface area contributed by atoms with E-state index in [4.69, 9.17) is 0 Å². The van der Waals surface area contributed by atoms with Crippen LogP contribution in [0.5, 0.6) is 5.75 Å². The van der Waals surface area contributed by atoms with E-state index in [-0.39, 0.29) is 27.8 Å². The Kier molecular flexibility index (Phi) is 11.0. The van der Waals surface area contributed by atoms with Crippen LogP contribution in [0.2, 0.25) is 0 Å². The van der Waals surface area contributed by atoms with E-state index >= 15 is 26.3 Å². The van der Waals surface area contributed by atoms with Crippen LogP contribution < -0.4 is 4.74 Å². The molecule has 0 saturated heterocycles. The van der Waals surface area contributed by atoms with Gasteiger partial charge in [0.25, 0.3) is 0 Å². The number of ether oxygens (including phenoxy) is 1. The van der Waals surface area contributed by atoms with Gasteiger partial charge >= 0.3 is 12.3 Å². The smallest absolute Gasteiger partial charge is 0.429 e. The van der Waals surface area contributed by atoms with Gasteiger partial charge in [-0.25, -0.2) is 26.3 Å². The molecule has 0 saturated carbocycles. The van der Waals surface area contributed by atoms with Gasteiger partial charge in [0.15, 0.2) is 0 Å². The Balaban J connectivity index is 1.34. The van der Waals surface area contributed by atoms with Crippen LogP contribution in [0, 0.1) is 53.7 Å². The summed E-state index contributed by atoms with van der Waals surface area (Å²) in [4.78, 5) is 0. The second-order valence-electron chi connectivity index (χ2n) is 11.9. The summed E-state index contributed by atoms with van der Waals surface area (Å²) in [5.41, 5.74) is -3.48. The van der Waals surface area contributed by atoms with Crippen LogP contribution in [0.1, 0.15) is 59.6 Å². The first kappa shape index (κ1) is 37.9. The molecule has 0 fully saturated rings. The molecule has 12 heteroatoms. The molecule has 0 unspecified atom stereocenters. The molecule has 52 heavy (non-hydrogen) atoms. The molecule has 0 atom stereocenters. The lowest BCUT2D eigenvalue weighted by Gasteiger charge is -2.20. The highest BCUT2D eigenvalue weighted by Gasteiger charge is 2.41. The van der Waals surface area contributed by atoms with Crippen molar-refractivity contribution in [1.29, 1.82) is 0 Å². The van der Waals surface area contributed by atoms with Crippen LogP contribution in [-0.4, -0.2) is 0 Å². The van der Waals surface area contributed by atoms with E-state index in [2.05, 4.69) is 23.5 Å². The molecule has 5 rings (SSSR count). The highest BCUT2D eigenvalue weighted by atomic mass is 19.4. The van der Waals surface area contributed by atoms with E-state index in [0.29, 0.717) is 23.8 Å². The summed E-state index contributed by atoms with van der Waals surface area (Å²) in [5, 5.41) is 0. The van der Waals surface area contributed by atoms with Gasteiger partial charge in [-0.3, -0.25) is 0 Å². The zero-order valence-electron chi connectivity index (χ0n) is 27.4. The normalized spacial score (nSPS) is 11.7. The van der Waals surface area contributed by atoms with Gasteiger partial charge in [-0.05, 0) is 96.1 Å². The van der Waals surface area contributed by atoms with Crippen LogP contribution in [0.15, 0.2) is 78.9 Å². The molecule has 1 nitrogen and oxygen atoms in total. The third kappa shape index (κ3) is 8.41. The third-order valence-corrected chi connectivity index (χ3v) is 8.13. The highest BCUT2D eigenvalue weighted by Crippen LogP contribution is 2.39. The first-order valence-corrected chi connectivity index (χ1v) is 15.8. The van der Waals surface area contributed by atoms with Crippen LogP contribution in [0.25, 0.3) is 22.3 Å². The minimum Gasteiger partial charge on any atom is -0.429 e. The summed E-state index contributed by atoms with van der Waals surface area (Å²) in [6.45, 7) is 3.42. The van der Waals surface area contributed by atoms with Crippen molar-refractivity contribution >= 4 is 0 Å². The Bertz CT molecular complexity index is 2110. The summed E-state index contributed by atoms with van der Waals surface area (Å²) >= 11 is 0. The monoisotopic (exact) mass is 732 g/mol. The third-order valence-electron chi connectivity index (χ3n) is 8.13. The Labute approximate surface area is 291 Å². The van der Waals surface area contributed by atoms with Crippen molar-refractivity contribution in [2.75, 3.05) is 0 Å². The van der Waals surface area contributed by atoms with Crippen molar-refractivity contribution in [1.82, 2.24) is 0 Å². The second-order valence-corrected chi connectivity index (χ2v) is 11.9. The van der Waals surface area contributed by atoms with E-state index in [1.54, 1.807) is 24.3 Å². The summed E-state index contributed by atoms with van der Waals surface area (Å²) in [5.74, 6) is -5.54. The van der Waals surface area contributed by atoms with E-state index < -0.39 is 69.6 Å². The zero-order valence-corrected chi connectivity index (χ0v) is 27.4. The van der Waals surface area contributed by atoms with Crippen molar-refractivity contribution in [3.63, 3.8) is 0 Å². The number of hydrogen-bond acceptors (Lipinski definition) is 1. The fourth-order valence-electron chi connectivity index (χ4n) is 5.56. The number of benzene rings is 5. The number of rotatable bonds is 9. The van der Waals surface area contributed by atoms with Crippen molar-refractivity contribution in [2.24, 2.45) is 0 Å². The summed E-state index contributed by atoms with van der Waals surface area (Å²) in [6.07, 6.45) is -5.97. The summed E-state index contributed by atoms with van der Waals surface area (Å²) < 4.78 is 161.